The first-order valence-corrected chi connectivity index (χ1v) is 10.5. The molecule has 2 aliphatic rings. The molecule has 1 fully saturated rings. The normalized spacial score (nSPS) is 20.4. The monoisotopic (exact) mass is 400 g/mol. The summed E-state index contributed by atoms with van der Waals surface area (Å²) in [5.41, 5.74) is 1.65. The highest BCUT2D eigenvalue weighted by Crippen LogP contribution is 2.35. The standard InChI is InChI=1S/C23H32N2O4/c1-15(2)14-29-19-9-7-18(8-10-19)20-21(23(28)25(16(3)4)22(20)27)24-11-5-6-17(12-24)13-26/h7-10,15-17,26H,5-6,11-14H2,1-4H3. The van der Waals surface area contributed by atoms with E-state index in [9.17, 15) is 14.7 Å². The number of benzene rings is 1. The molecule has 1 aromatic rings. The lowest BCUT2D eigenvalue weighted by molar-refractivity contribution is -0.139. The maximum atomic E-state index is 13.2. The largest absolute Gasteiger partial charge is 0.493 e. The lowest BCUT2D eigenvalue weighted by Crippen LogP contribution is -2.42. The number of nitrogens with zero attached hydrogens (tertiary/aromatic N) is 2. The SMILES string of the molecule is CC(C)COc1ccc(C2=C(N3CCCC(CO)C3)C(=O)N(C(C)C)C2=O)cc1. The number of amides is 2. The third kappa shape index (κ3) is 4.47. The van der Waals surface area contributed by atoms with Gasteiger partial charge in [-0.15, -0.1) is 0 Å². The molecule has 158 valence electrons. The van der Waals surface area contributed by atoms with Crippen molar-refractivity contribution >= 4 is 17.4 Å². The van der Waals surface area contributed by atoms with Gasteiger partial charge in [-0.2, -0.15) is 0 Å². The van der Waals surface area contributed by atoms with Gasteiger partial charge in [-0.3, -0.25) is 14.5 Å². The summed E-state index contributed by atoms with van der Waals surface area (Å²) in [7, 11) is 0. The Balaban J connectivity index is 1.97. The van der Waals surface area contributed by atoms with E-state index in [1.807, 2.05) is 43.0 Å². The van der Waals surface area contributed by atoms with E-state index in [4.69, 9.17) is 4.74 Å². The van der Waals surface area contributed by atoms with Crippen molar-refractivity contribution in [2.45, 2.75) is 46.6 Å². The fourth-order valence-corrected chi connectivity index (χ4v) is 3.96. The van der Waals surface area contributed by atoms with Gasteiger partial charge in [0.15, 0.2) is 0 Å². The van der Waals surface area contributed by atoms with Gasteiger partial charge in [-0.25, -0.2) is 0 Å². The molecule has 1 aromatic carbocycles. The molecule has 29 heavy (non-hydrogen) atoms. The van der Waals surface area contributed by atoms with Crippen molar-refractivity contribution in [2.75, 3.05) is 26.3 Å². The molecule has 0 radical (unpaired) electrons. The molecular weight excluding hydrogens is 368 g/mol. The molecule has 2 heterocycles. The van der Waals surface area contributed by atoms with E-state index in [0.717, 1.165) is 30.7 Å². The summed E-state index contributed by atoms with van der Waals surface area (Å²) in [6, 6.07) is 7.20. The Bertz CT molecular complexity index is 783. The molecule has 2 amide bonds. The van der Waals surface area contributed by atoms with Gasteiger partial charge in [0.1, 0.15) is 11.4 Å². The van der Waals surface area contributed by atoms with Crippen molar-refractivity contribution in [3.05, 3.63) is 35.5 Å². The van der Waals surface area contributed by atoms with E-state index in [1.54, 1.807) is 0 Å². The van der Waals surface area contributed by atoms with E-state index in [0.29, 0.717) is 30.3 Å². The summed E-state index contributed by atoms with van der Waals surface area (Å²) < 4.78 is 5.75. The molecular formula is C23H32N2O4. The van der Waals surface area contributed by atoms with Crippen LogP contribution in [0.5, 0.6) is 5.75 Å². The summed E-state index contributed by atoms with van der Waals surface area (Å²) in [4.78, 5) is 29.7. The maximum Gasteiger partial charge on any atom is 0.278 e. The molecule has 6 heteroatoms. The van der Waals surface area contributed by atoms with Gasteiger partial charge < -0.3 is 14.7 Å². The second-order valence-corrected chi connectivity index (χ2v) is 8.66. The topological polar surface area (TPSA) is 70.1 Å². The third-order valence-corrected chi connectivity index (χ3v) is 5.43. The van der Waals surface area contributed by atoms with Crippen molar-refractivity contribution in [1.82, 2.24) is 9.80 Å². The number of ether oxygens (including phenoxy) is 1. The molecule has 6 nitrogen and oxygen atoms in total. The average molecular weight is 401 g/mol. The number of hydrogen-bond acceptors (Lipinski definition) is 5. The summed E-state index contributed by atoms with van der Waals surface area (Å²) in [6.45, 7) is 9.92. The van der Waals surface area contributed by atoms with Crippen LogP contribution in [-0.4, -0.2) is 59.1 Å². The lowest BCUT2D eigenvalue weighted by atomic mass is 9.97. The quantitative estimate of drug-likeness (QED) is 0.713. The van der Waals surface area contributed by atoms with Crippen LogP contribution in [0.4, 0.5) is 0 Å². The van der Waals surface area contributed by atoms with E-state index in [1.165, 1.54) is 4.90 Å². The predicted octanol–water partition coefficient (Wildman–Crippen LogP) is 2.91. The van der Waals surface area contributed by atoms with E-state index >= 15 is 0 Å². The first-order valence-electron chi connectivity index (χ1n) is 10.5. The fourth-order valence-electron chi connectivity index (χ4n) is 3.96. The molecule has 2 aliphatic heterocycles. The Morgan fingerprint density at radius 2 is 1.79 bits per heavy atom. The molecule has 1 N–H and O–H groups in total. The molecule has 0 saturated carbocycles. The highest BCUT2D eigenvalue weighted by atomic mass is 16.5. The molecule has 1 saturated heterocycles. The molecule has 0 spiro atoms. The highest BCUT2D eigenvalue weighted by Gasteiger charge is 2.43. The van der Waals surface area contributed by atoms with Gasteiger partial charge in [-0.05, 0) is 56.2 Å². The van der Waals surface area contributed by atoms with Crippen molar-refractivity contribution < 1.29 is 19.4 Å². The maximum absolute atomic E-state index is 13.2. The van der Waals surface area contributed by atoms with Crippen molar-refractivity contribution in [2.24, 2.45) is 11.8 Å². The number of carbonyl (C=O) groups is 2. The second kappa shape index (κ2) is 8.99. The number of hydrogen-bond donors (Lipinski definition) is 1. The number of carbonyl (C=O) groups excluding carboxylic acids is 2. The van der Waals surface area contributed by atoms with Gasteiger partial charge in [0.25, 0.3) is 11.8 Å². The number of aliphatic hydroxyl groups is 1. The number of piperidine rings is 1. The Morgan fingerprint density at radius 1 is 1.10 bits per heavy atom. The molecule has 1 atom stereocenters. The van der Waals surface area contributed by atoms with Crippen molar-refractivity contribution in [3.63, 3.8) is 0 Å². The van der Waals surface area contributed by atoms with Crippen LogP contribution in [0.3, 0.4) is 0 Å². The summed E-state index contributed by atoms with van der Waals surface area (Å²) in [5, 5.41) is 9.59. The molecule has 0 bridgehead atoms. The second-order valence-electron chi connectivity index (χ2n) is 8.66. The average Bonchev–Trinajstić information content (AvgIpc) is 2.97. The Kier molecular flexibility index (Phi) is 6.63. The molecule has 0 aromatic heterocycles. The van der Waals surface area contributed by atoms with Crippen LogP contribution in [0.2, 0.25) is 0 Å². The van der Waals surface area contributed by atoms with Gasteiger partial charge in [-0.1, -0.05) is 26.0 Å². The zero-order valence-corrected chi connectivity index (χ0v) is 17.9. The molecule has 3 rings (SSSR count). The zero-order valence-electron chi connectivity index (χ0n) is 17.9. The van der Waals surface area contributed by atoms with Crippen LogP contribution in [-0.2, 0) is 9.59 Å². The third-order valence-electron chi connectivity index (χ3n) is 5.43. The minimum absolute atomic E-state index is 0.0943. The van der Waals surface area contributed by atoms with Crippen molar-refractivity contribution in [1.29, 1.82) is 0 Å². The van der Waals surface area contributed by atoms with Gasteiger partial charge in [0.05, 0.1) is 12.2 Å². The molecule has 0 aliphatic carbocycles. The number of aliphatic hydroxyl groups excluding tert-OH is 1. The first-order chi connectivity index (χ1) is 13.8. The zero-order chi connectivity index (χ0) is 21.1. The van der Waals surface area contributed by atoms with Gasteiger partial charge in [0.2, 0.25) is 0 Å². The van der Waals surface area contributed by atoms with Gasteiger partial charge in [0, 0.05) is 25.7 Å². The van der Waals surface area contributed by atoms with Crippen LogP contribution in [0, 0.1) is 11.8 Å². The summed E-state index contributed by atoms with van der Waals surface area (Å²) in [6.07, 6.45) is 1.83. The predicted molar refractivity (Wildman–Crippen MR) is 112 cm³/mol. The minimum atomic E-state index is -0.248. The van der Waals surface area contributed by atoms with Crippen molar-refractivity contribution in [3.8, 4) is 5.75 Å². The van der Waals surface area contributed by atoms with Crippen LogP contribution >= 0.6 is 0 Å². The fraction of sp³-hybridized carbons (Fsp3) is 0.565. The Labute approximate surface area is 173 Å². The van der Waals surface area contributed by atoms with E-state index in [-0.39, 0.29) is 30.4 Å². The lowest BCUT2D eigenvalue weighted by Gasteiger charge is -2.34. The number of rotatable bonds is 7. The molecule has 1 unspecified atom stereocenters. The Hall–Kier alpha value is -2.34. The van der Waals surface area contributed by atoms with E-state index in [2.05, 4.69) is 13.8 Å². The highest BCUT2D eigenvalue weighted by molar-refractivity contribution is 6.35. The van der Waals surface area contributed by atoms with Gasteiger partial charge >= 0.3 is 0 Å². The summed E-state index contributed by atoms with van der Waals surface area (Å²) >= 11 is 0. The summed E-state index contributed by atoms with van der Waals surface area (Å²) in [5.74, 6) is 0.817. The minimum Gasteiger partial charge on any atom is -0.493 e. The smallest absolute Gasteiger partial charge is 0.278 e. The number of likely N-dealkylation sites (tertiary alicyclic amines) is 1. The van der Waals surface area contributed by atoms with Crippen LogP contribution < -0.4 is 4.74 Å². The Morgan fingerprint density at radius 3 is 2.38 bits per heavy atom. The number of imide groups is 1. The van der Waals surface area contributed by atoms with E-state index < -0.39 is 0 Å². The van der Waals surface area contributed by atoms with Crippen LogP contribution in [0.1, 0.15) is 46.1 Å². The first kappa shape index (κ1) is 21.4. The van der Waals surface area contributed by atoms with Crippen LogP contribution in [0.15, 0.2) is 30.0 Å². The van der Waals surface area contributed by atoms with Crippen LogP contribution in [0.25, 0.3) is 5.57 Å².